The van der Waals surface area contributed by atoms with Gasteiger partial charge in [-0.25, -0.2) is 19.2 Å². The molecule has 0 radical (unpaired) electrons. The fraction of sp³-hybridized carbons (Fsp3) is 0.333. The summed E-state index contributed by atoms with van der Waals surface area (Å²) in [6.07, 6.45) is 4.62. The van der Waals surface area contributed by atoms with Crippen LogP contribution in [0.4, 0.5) is 0 Å². The maximum atomic E-state index is 10.1. The third-order valence-electron chi connectivity index (χ3n) is 8.19. The van der Waals surface area contributed by atoms with E-state index >= 15 is 0 Å². The molecule has 1 aromatic heterocycles. The number of thiophene rings is 1. The molecule has 6 rings (SSSR count). The Hall–Kier alpha value is -4.82. The van der Waals surface area contributed by atoms with E-state index in [1.807, 2.05) is 12.1 Å². The molecule has 2 saturated heterocycles. The SMILES string of the molecule is O=C(O)C(=O)O.O=C(O)C(=O)O.Oc1ccc2c(Cc3ccc(CN4CCCC4)cc3)c(-c3ccc(CCN4CCOCC4)cc3)sc2c1. The average Bonchev–Trinajstić information content (AvgIpc) is 3.73. The molecule has 2 fully saturated rings. The summed E-state index contributed by atoms with van der Waals surface area (Å²) >= 11 is 1.79. The minimum absolute atomic E-state index is 0.330. The number of ether oxygens (including phenoxy) is 1. The predicted octanol–water partition coefficient (Wildman–Crippen LogP) is 4.65. The van der Waals surface area contributed by atoms with Gasteiger partial charge in [0.15, 0.2) is 0 Å². The summed E-state index contributed by atoms with van der Waals surface area (Å²) in [6, 6.07) is 24.1. The molecule has 0 unspecified atom stereocenters. The van der Waals surface area contributed by atoms with Crippen molar-refractivity contribution in [3.63, 3.8) is 0 Å². The number of morpholine rings is 1. The molecule has 13 heteroatoms. The Morgan fingerprint density at radius 2 is 1.22 bits per heavy atom. The molecular weight excluding hydrogens is 652 g/mol. The first-order valence-corrected chi connectivity index (χ1v) is 16.7. The minimum Gasteiger partial charge on any atom is -0.508 e. The lowest BCUT2D eigenvalue weighted by Gasteiger charge is -2.26. The number of phenolic OH excluding ortho intramolecular Hbond substituents is 1. The maximum absolute atomic E-state index is 10.1. The van der Waals surface area contributed by atoms with Crippen LogP contribution >= 0.6 is 11.3 Å². The standard InChI is InChI=1S/C32H36N2O2S.2C2H2O4/c35-28-11-12-29-30(21-25-3-5-26(6-4-25)23-34-14-1-2-15-34)32(37-31(29)22-28)27-9-7-24(8-10-27)13-16-33-17-19-36-20-18-33;2*3-1(4)2(5)6/h3-12,22,35H,1-2,13-21,23H2;2*(H,3,4)(H,5,6). The smallest absolute Gasteiger partial charge is 0.414 e. The molecule has 0 amide bonds. The maximum Gasteiger partial charge on any atom is 0.414 e. The van der Waals surface area contributed by atoms with Crippen LogP contribution < -0.4 is 0 Å². The number of aromatic hydroxyl groups is 1. The van der Waals surface area contributed by atoms with Crippen LogP contribution in [0.15, 0.2) is 66.7 Å². The fourth-order valence-electron chi connectivity index (χ4n) is 5.65. The van der Waals surface area contributed by atoms with Crippen molar-refractivity contribution in [2.75, 3.05) is 45.9 Å². The van der Waals surface area contributed by atoms with E-state index in [2.05, 4.69) is 64.4 Å². The molecule has 0 atom stereocenters. The lowest BCUT2D eigenvalue weighted by molar-refractivity contribution is -0.159. The number of likely N-dealkylation sites (tertiary alicyclic amines) is 1. The van der Waals surface area contributed by atoms with Crippen molar-refractivity contribution in [1.29, 1.82) is 0 Å². The van der Waals surface area contributed by atoms with Crippen molar-refractivity contribution in [3.8, 4) is 16.2 Å². The van der Waals surface area contributed by atoms with E-state index in [4.69, 9.17) is 44.3 Å². The first-order chi connectivity index (χ1) is 23.5. The third-order valence-corrected chi connectivity index (χ3v) is 9.43. The number of rotatable bonds is 8. The molecule has 0 aliphatic carbocycles. The van der Waals surface area contributed by atoms with Crippen molar-refractivity contribution >= 4 is 45.3 Å². The number of carbonyl (C=O) groups is 4. The van der Waals surface area contributed by atoms with Crippen LogP contribution in [0.1, 0.15) is 35.1 Å². The Kier molecular flexibility index (Phi) is 13.7. The molecule has 0 spiro atoms. The molecule has 4 aromatic rings. The topological polar surface area (TPSA) is 185 Å². The number of nitrogens with zero attached hydrogens (tertiary/aromatic N) is 2. The van der Waals surface area contributed by atoms with E-state index in [9.17, 15) is 5.11 Å². The number of fused-ring (bicyclic) bond motifs is 1. The van der Waals surface area contributed by atoms with Crippen molar-refractivity contribution in [1.82, 2.24) is 9.80 Å². The number of aliphatic carboxylic acids is 4. The summed E-state index contributed by atoms with van der Waals surface area (Å²) in [5, 5.41) is 40.9. The van der Waals surface area contributed by atoms with E-state index in [1.54, 1.807) is 11.3 Å². The van der Waals surface area contributed by atoms with Gasteiger partial charge in [-0.1, -0.05) is 48.5 Å². The summed E-state index contributed by atoms with van der Waals surface area (Å²) in [5.41, 5.74) is 6.73. The Bertz CT molecular complexity index is 1680. The van der Waals surface area contributed by atoms with Crippen LogP contribution in [0.5, 0.6) is 5.75 Å². The largest absolute Gasteiger partial charge is 0.508 e. The predicted molar refractivity (Wildman–Crippen MR) is 184 cm³/mol. The molecule has 2 aliphatic rings. The summed E-state index contributed by atoms with van der Waals surface area (Å²) < 4.78 is 6.62. The van der Waals surface area contributed by atoms with Gasteiger partial charge in [0.1, 0.15) is 5.75 Å². The molecule has 260 valence electrons. The second-order valence-electron chi connectivity index (χ2n) is 11.7. The van der Waals surface area contributed by atoms with Gasteiger partial charge in [-0.15, -0.1) is 11.3 Å². The number of hydrogen-bond acceptors (Lipinski definition) is 9. The van der Waals surface area contributed by atoms with Crippen LogP contribution in [-0.2, 0) is 43.3 Å². The summed E-state index contributed by atoms with van der Waals surface area (Å²) in [4.78, 5) is 42.7. The molecule has 49 heavy (non-hydrogen) atoms. The zero-order valence-corrected chi connectivity index (χ0v) is 27.7. The number of carboxylic acids is 4. The molecule has 5 N–H and O–H groups in total. The second kappa shape index (κ2) is 18.1. The van der Waals surface area contributed by atoms with Crippen LogP contribution in [0, 0.1) is 0 Å². The summed E-state index contributed by atoms with van der Waals surface area (Å²) in [6.45, 7) is 8.38. The molecule has 2 aliphatic heterocycles. The average molecular weight is 693 g/mol. The van der Waals surface area contributed by atoms with E-state index in [-0.39, 0.29) is 0 Å². The van der Waals surface area contributed by atoms with Crippen LogP contribution in [0.2, 0.25) is 0 Å². The van der Waals surface area contributed by atoms with Gasteiger partial charge in [0.05, 0.1) is 13.2 Å². The van der Waals surface area contributed by atoms with E-state index in [0.717, 1.165) is 56.9 Å². The van der Waals surface area contributed by atoms with Gasteiger partial charge in [0.25, 0.3) is 0 Å². The first kappa shape index (κ1) is 37.0. The van der Waals surface area contributed by atoms with Gasteiger partial charge in [-0.05, 0) is 90.2 Å². The molecule has 0 bridgehead atoms. The summed E-state index contributed by atoms with van der Waals surface area (Å²) in [5.74, 6) is -6.97. The molecule has 12 nitrogen and oxygen atoms in total. The lowest BCUT2D eigenvalue weighted by Crippen LogP contribution is -2.37. The molecule has 3 heterocycles. The first-order valence-electron chi connectivity index (χ1n) is 15.9. The normalized spacial score (nSPS) is 14.7. The van der Waals surface area contributed by atoms with Gasteiger partial charge in [-0.3, -0.25) is 9.80 Å². The highest BCUT2D eigenvalue weighted by Gasteiger charge is 2.17. The zero-order chi connectivity index (χ0) is 35.3. The van der Waals surface area contributed by atoms with Crippen molar-refractivity contribution in [3.05, 3.63) is 89.0 Å². The Balaban J connectivity index is 0.000000388. The van der Waals surface area contributed by atoms with Gasteiger partial charge >= 0.3 is 23.9 Å². The fourth-order valence-corrected chi connectivity index (χ4v) is 6.91. The van der Waals surface area contributed by atoms with Gasteiger partial charge in [0, 0.05) is 35.8 Å². The number of phenols is 1. The van der Waals surface area contributed by atoms with E-state index in [0.29, 0.717) is 5.75 Å². The van der Waals surface area contributed by atoms with E-state index < -0.39 is 23.9 Å². The number of carboxylic acid groups (broad SMARTS) is 4. The highest BCUT2D eigenvalue weighted by atomic mass is 32.1. The second-order valence-corrected chi connectivity index (χ2v) is 12.7. The Morgan fingerprint density at radius 1 is 0.673 bits per heavy atom. The van der Waals surface area contributed by atoms with Crippen LogP contribution in [0.3, 0.4) is 0 Å². The highest BCUT2D eigenvalue weighted by Crippen LogP contribution is 2.41. The van der Waals surface area contributed by atoms with Crippen LogP contribution in [0.25, 0.3) is 20.5 Å². The lowest BCUT2D eigenvalue weighted by atomic mass is 9.97. The monoisotopic (exact) mass is 692 g/mol. The number of hydrogen-bond donors (Lipinski definition) is 5. The zero-order valence-electron chi connectivity index (χ0n) is 26.9. The van der Waals surface area contributed by atoms with Gasteiger partial charge in [-0.2, -0.15) is 0 Å². The molecule has 0 saturated carbocycles. The highest BCUT2D eigenvalue weighted by molar-refractivity contribution is 7.22. The van der Waals surface area contributed by atoms with Gasteiger partial charge in [0.2, 0.25) is 0 Å². The van der Waals surface area contributed by atoms with Crippen LogP contribution in [-0.4, -0.2) is 105 Å². The Morgan fingerprint density at radius 3 is 1.80 bits per heavy atom. The third kappa shape index (κ3) is 11.4. The minimum atomic E-state index is -1.82. The van der Waals surface area contributed by atoms with Crippen molar-refractivity contribution in [2.45, 2.75) is 32.2 Å². The molecular formula is C36H40N2O10S. The van der Waals surface area contributed by atoms with E-state index in [1.165, 1.54) is 64.0 Å². The summed E-state index contributed by atoms with van der Waals surface area (Å²) in [7, 11) is 0. The van der Waals surface area contributed by atoms with Gasteiger partial charge < -0.3 is 30.3 Å². The Labute approximate surface area is 287 Å². The van der Waals surface area contributed by atoms with Crippen molar-refractivity contribution in [2.24, 2.45) is 0 Å². The molecule has 3 aromatic carbocycles. The quantitative estimate of drug-likeness (QED) is 0.161. The number of benzene rings is 3. The van der Waals surface area contributed by atoms with Crippen molar-refractivity contribution < 1.29 is 49.4 Å².